The van der Waals surface area contributed by atoms with Crippen LogP contribution in [0.15, 0.2) is 9.95 Å². The Morgan fingerprint density at radius 3 is 2.61 bits per heavy atom. The van der Waals surface area contributed by atoms with E-state index < -0.39 is 0 Å². The van der Waals surface area contributed by atoms with Gasteiger partial charge in [-0.3, -0.25) is 14.2 Å². The second-order valence-electron chi connectivity index (χ2n) is 7.84. The van der Waals surface area contributed by atoms with Crippen LogP contribution in [-0.2, 0) is 4.79 Å². The zero-order valence-electron chi connectivity index (χ0n) is 16.4. The number of aromatic nitrogens is 3. The molecule has 2 aromatic rings. The van der Waals surface area contributed by atoms with Crippen LogP contribution in [0.3, 0.4) is 0 Å². The summed E-state index contributed by atoms with van der Waals surface area (Å²) in [6.07, 6.45) is 6.83. The highest BCUT2D eigenvalue weighted by Gasteiger charge is 2.23. The summed E-state index contributed by atoms with van der Waals surface area (Å²) in [5.74, 6) is 0.280. The van der Waals surface area contributed by atoms with Gasteiger partial charge in [-0.05, 0) is 39.5 Å². The van der Waals surface area contributed by atoms with Crippen LogP contribution >= 0.6 is 23.1 Å². The minimum atomic E-state index is -0.0540. The maximum atomic E-state index is 13.1. The SMILES string of the molecule is CC(C)n1c(SCC(=O)NC2CCCC2)nc2nc(N3CCCC3)sc2c1=O. The van der Waals surface area contributed by atoms with Crippen LogP contribution in [0.1, 0.15) is 58.4 Å². The molecule has 152 valence electrons. The monoisotopic (exact) mass is 421 g/mol. The highest BCUT2D eigenvalue weighted by Crippen LogP contribution is 2.30. The smallest absolute Gasteiger partial charge is 0.274 e. The van der Waals surface area contributed by atoms with Crippen LogP contribution in [0.4, 0.5) is 5.13 Å². The Bertz CT molecular complexity index is 911. The quantitative estimate of drug-likeness (QED) is 0.570. The molecule has 7 nitrogen and oxygen atoms in total. The summed E-state index contributed by atoms with van der Waals surface area (Å²) in [6.45, 7) is 5.92. The first kappa shape index (κ1) is 19.7. The van der Waals surface area contributed by atoms with E-state index in [1.807, 2.05) is 13.8 Å². The largest absolute Gasteiger partial charge is 0.353 e. The molecule has 1 saturated heterocycles. The van der Waals surface area contributed by atoms with Crippen molar-refractivity contribution in [3.63, 3.8) is 0 Å². The summed E-state index contributed by atoms with van der Waals surface area (Å²) in [5, 5.41) is 4.55. The molecule has 0 unspecified atom stereocenters. The predicted octanol–water partition coefficient (Wildman–Crippen LogP) is 3.19. The molecule has 28 heavy (non-hydrogen) atoms. The summed E-state index contributed by atoms with van der Waals surface area (Å²) in [7, 11) is 0. The summed E-state index contributed by atoms with van der Waals surface area (Å²) in [5.41, 5.74) is 0.453. The van der Waals surface area contributed by atoms with Crippen molar-refractivity contribution in [2.24, 2.45) is 0 Å². The minimum Gasteiger partial charge on any atom is -0.353 e. The lowest BCUT2D eigenvalue weighted by molar-refractivity contribution is -0.119. The van der Waals surface area contributed by atoms with Gasteiger partial charge in [0.05, 0.1) is 5.75 Å². The van der Waals surface area contributed by atoms with E-state index in [0.717, 1.165) is 43.9 Å². The molecular formula is C19H27N5O2S2. The van der Waals surface area contributed by atoms with Gasteiger partial charge in [-0.1, -0.05) is 35.9 Å². The van der Waals surface area contributed by atoms with Crippen LogP contribution in [-0.4, -0.2) is 45.3 Å². The summed E-state index contributed by atoms with van der Waals surface area (Å²) >= 11 is 2.77. The van der Waals surface area contributed by atoms with E-state index in [0.29, 0.717) is 21.5 Å². The van der Waals surface area contributed by atoms with Gasteiger partial charge in [0, 0.05) is 25.2 Å². The first-order chi connectivity index (χ1) is 13.5. The Kier molecular flexibility index (Phi) is 5.91. The summed E-state index contributed by atoms with van der Waals surface area (Å²) in [6, 6.07) is 0.277. The van der Waals surface area contributed by atoms with Crippen LogP contribution in [0.25, 0.3) is 10.3 Å². The first-order valence-electron chi connectivity index (χ1n) is 10.1. The number of thioether (sulfide) groups is 1. The second kappa shape index (κ2) is 8.41. The number of nitrogens with one attached hydrogen (secondary N) is 1. The fraction of sp³-hybridized carbons (Fsp3) is 0.684. The third-order valence-corrected chi connectivity index (χ3v) is 7.41. The van der Waals surface area contributed by atoms with Crippen molar-refractivity contribution >= 4 is 44.5 Å². The lowest BCUT2D eigenvalue weighted by Crippen LogP contribution is -2.34. The molecule has 1 aliphatic heterocycles. The van der Waals surface area contributed by atoms with Gasteiger partial charge >= 0.3 is 0 Å². The number of fused-ring (bicyclic) bond motifs is 1. The molecule has 0 radical (unpaired) electrons. The van der Waals surface area contributed by atoms with E-state index in [-0.39, 0.29) is 23.3 Å². The molecule has 1 N–H and O–H groups in total. The molecule has 2 fully saturated rings. The van der Waals surface area contributed by atoms with Crippen molar-refractivity contribution in [1.82, 2.24) is 19.9 Å². The lowest BCUT2D eigenvalue weighted by atomic mass is 10.2. The Morgan fingerprint density at radius 1 is 1.21 bits per heavy atom. The summed E-state index contributed by atoms with van der Waals surface area (Å²) < 4.78 is 2.30. The Labute approximate surface area is 172 Å². The molecule has 1 amide bonds. The van der Waals surface area contributed by atoms with Gasteiger partial charge in [0.1, 0.15) is 4.70 Å². The van der Waals surface area contributed by atoms with E-state index in [1.54, 1.807) is 4.57 Å². The predicted molar refractivity (Wildman–Crippen MR) is 115 cm³/mol. The van der Waals surface area contributed by atoms with E-state index >= 15 is 0 Å². The van der Waals surface area contributed by atoms with Crippen molar-refractivity contribution in [2.45, 2.75) is 69.6 Å². The summed E-state index contributed by atoms with van der Waals surface area (Å²) in [4.78, 5) is 37.0. The normalized spacial score (nSPS) is 17.9. The number of hydrogen-bond donors (Lipinski definition) is 1. The fourth-order valence-corrected chi connectivity index (χ4v) is 5.85. The van der Waals surface area contributed by atoms with Gasteiger partial charge < -0.3 is 10.2 Å². The number of nitrogens with zero attached hydrogens (tertiary/aromatic N) is 4. The molecule has 2 aliphatic rings. The average Bonchev–Trinajstić information content (AvgIpc) is 3.40. The maximum absolute atomic E-state index is 13.1. The third kappa shape index (κ3) is 4.05. The molecule has 3 heterocycles. The number of carbonyl (C=O) groups is 1. The van der Waals surface area contributed by atoms with E-state index in [1.165, 1.54) is 35.9 Å². The van der Waals surface area contributed by atoms with Crippen LogP contribution in [0.5, 0.6) is 0 Å². The van der Waals surface area contributed by atoms with E-state index in [4.69, 9.17) is 0 Å². The number of carbonyl (C=O) groups excluding carboxylic acids is 1. The molecular weight excluding hydrogens is 394 g/mol. The highest BCUT2D eigenvalue weighted by molar-refractivity contribution is 7.99. The molecule has 9 heteroatoms. The number of amides is 1. The molecule has 0 atom stereocenters. The second-order valence-corrected chi connectivity index (χ2v) is 9.76. The van der Waals surface area contributed by atoms with Crippen molar-refractivity contribution < 1.29 is 4.79 Å². The lowest BCUT2D eigenvalue weighted by Gasteiger charge is -2.15. The number of anilines is 1. The molecule has 4 rings (SSSR count). The zero-order chi connectivity index (χ0) is 19.7. The fourth-order valence-electron chi connectivity index (χ4n) is 3.93. The third-order valence-electron chi connectivity index (χ3n) is 5.36. The van der Waals surface area contributed by atoms with Crippen molar-refractivity contribution in [3.05, 3.63) is 10.4 Å². The maximum Gasteiger partial charge on any atom is 0.274 e. The van der Waals surface area contributed by atoms with Crippen molar-refractivity contribution in [1.29, 1.82) is 0 Å². The Hall–Kier alpha value is -1.61. The van der Waals surface area contributed by atoms with Crippen molar-refractivity contribution in [3.8, 4) is 0 Å². The van der Waals surface area contributed by atoms with Crippen LogP contribution in [0, 0.1) is 0 Å². The van der Waals surface area contributed by atoms with Gasteiger partial charge in [-0.25, -0.2) is 4.98 Å². The minimum absolute atomic E-state index is 0.0117. The number of hydrogen-bond acceptors (Lipinski definition) is 7. The highest BCUT2D eigenvalue weighted by atomic mass is 32.2. The Morgan fingerprint density at radius 2 is 1.93 bits per heavy atom. The van der Waals surface area contributed by atoms with Gasteiger partial charge in [-0.2, -0.15) is 4.98 Å². The number of rotatable bonds is 6. The zero-order valence-corrected chi connectivity index (χ0v) is 18.1. The topological polar surface area (TPSA) is 80.1 Å². The standard InChI is InChI=1S/C19H27N5O2S2/c1-12(2)24-17(26)15-16(21-18(28-15)23-9-5-6-10-23)22-19(24)27-11-14(25)20-13-7-3-4-8-13/h12-13H,3-11H2,1-2H3,(H,20,25). The first-order valence-corrected chi connectivity index (χ1v) is 11.9. The molecule has 2 aromatic heterocycles. The van der Waals surface area contributed by atoms with Crippen molar-refractivity contribution in [2.75, 3.05) is 23.7 Å². The van der Waals surface area contributed by atoms with Gasteiger partial charge in [-0.15, -0.1) is 0 Å². The van der Waals surface area contributed by atoms with Crippen LogP contribution in [0.2, 0.25) is 0 Å². The Balaban J connectivity index is 1.57. The van der Waals surface area contributed by atoms with E-state index in [9.17, 15) is 9.59 Å². The van der Waals surface area contributed by atoms with Crippen LogP contribution < -0.4 is 15.8 Å². The molecule has 0 bridgehead atoms. The molecule has 0 aromatic carbocycles. The number of thiazole rings is 1. The van der Waals surface area contributed by atoms with E-state index in [2.05, 4.69) is 20.2 Å². The van der Waals surface area contributed by atoms with Gasteiger partial charge in [0.25, 0.3) is 5.56 Å². The van der Waals surface area contributed by atoms with Gasteiger partial charge in [0.15, 0.2) is 15.9 Å². The molecule has 1 aliphatic carbocycles. The van der Waals surface area contributed by atoms with Gasteiger partial charge in [0.2, 0.25) is 5.91 Å². The molecule has 0 spiro atoms. The molecule has 1 saturated carbocycles. The average molecular weight is 422 g/mol.